The first-order valence-corrected chi connectivity index (χ1v) is 4.34. The highest BCUT2D eigenvalue weighted by Gasteiger charge is 2.09. The van der Waals surface area contributed by atoms with Crippen LogP contribution in [0.4, 0.5) is 0 Å². The first kappa shape index (κ1) is 9.21. The van der Waals surface area contributed by atoms with E-state index in [1.165, 1.54) is 10.8 Å². The number of aryl methyl sites for hydroxylation is 1. The van der Waals surface area contributed by atoms with E-state index in [9.17, 15) is 4.79 Å². The van der Waals surface area contributed by atoms with E-state index in [2.05, 4.69) is 9.97 Å². The van der Waals surface area contributed by atoms with Gasteiger partial charge in [0.05, 0.1) is 11.3 Å². The van der Waals surface area contributed by atoms with Crippen molar-refractivity contribution in [3.8, 4) is 17.5 Å². The lowest BCUT2D eigenvalue weighted by Crippen LogP contribution is -2.20. The molecule has 74 valence electrons. The van der Waals surface area contributed by atoms with Gasteiger partial charge >= 0.3 is 5.69 Å². The second-order valence-corrected chi connectivity index (χ2v) is 3.09. The molecule has 0 fully saturated rings. The predicted octanol–water partition coefficient (Wildman–Crippen LogP) is 0.647. The molecule has 0 atom stereocenters. The largest absolute Gasteiger partial charge is 0.360 e. The van der Waals surface area contributed by atoms with Crippen LogP contribution in [0, 0.1) is 11.3 Å². The van der Waals surface area contributed by atoms with Crippen molar-refractivity contribution in [3.05, 3.63) is 40.6 Å². The molecular formula is C10H8N4O. The predicted molar refractivity (Wildman–Crippen MR) is 54.0 cm³/mol. The number of hydrogen-bond acceptors (Lipinski definition) is 3. The molecule has 0 saturated carbocycles. The van der Waals surface area contributed by atoms with Crippen LogP contribution in [0.5, 0.6) is 0 Å². The summed E-state index contributed by atoms with van der Waals surface area (Å²) in [5.41, 5.74) is 1.06. The van der Waals surface area contributed by atoms with E-state index in [1.54, 1.807) is 25.4 Å². The Labute approximate surface area is 85.6 Å². The first-order chi connectivity index (χ1) is 7.22. The maximum absolute atomic E-state index is 11.3. The molecule has 0 spiro atoms. The van der Waals surface area contributed by atoms with E-state index in [4.69, 9.17) is 5.26 Å². The fourth-order valence-electron chi connectivity index (χ4n) is 1.31. The second kappa shape index (κ2) is 3.42. The van der Waals surface area contributed by atoms with E-state index < -0.39 is 0 Å². The standard InChI is InChI=1S/C10H8N4O/c1-14-6-7(5-11)9(13-10(14)15)8-3-2-4-12-8/h2-4,6,12H,1H3. The van der Waals surface area contributed by atoms with Gasteiger partial charge in [-0.3, -0.25) is 0 Å². The van der Waals surface area contributed by atoms with Gasteiger partial charge in [0.1, 0.15) is 11.8 Å². The Bertz CT molecular complexity index is 574. The molecular weight excluding hydrogens is 192 g/mol. The van der Waals surface area contributed by atoms with E-state index in [1.807, 2.05) is 6.07 Å². The van der Waals surface area contributed by atoms with Crippen LogP contribution in [-0.4, -0.2) is 14.5 Å². The summed E-state index contributed by atoms with van der Waals surface area (Å²) in [5, 5.41) is 8.91. The molecule has 0 bridgehead atoms. The van der Waals surface area contributed by atoms with Crippen LogP contribution in [-0.2, 0) is 7.05 Å². The molecule has 1 N–H and O–H groups in total. The van der Waals surface area contributed by atoms with Crippen molar-refractivity contribution in [2.75, 3.05) is 0 Å². The van der Waals surface area contributed by atoms with Gasteiger partial charge in [0.15, 0.2) is 0 Å². The summed E-state index contributed by atoms with van der Waals surface area (Å²) >= 11 is 0. The van der Waals surface area contributed by atoms with Crippen molar-refractivity contribution in [2.24, 2.45) is 7.05 Å². The summed E-state index contributed by atoms with van der Waals surface area (Å²) < 4.78 is 1.28. The summed E-state index contributed by atoms with van der Waals surface area (Å²) in [4.78, 5) is 18.1. The minimum absolute atomic E-state index is 0.375. The van der Waals surface area contributed by atoms with Crippen molar-refractivity contribution in [1.29, 1.82) is 5.26 Å². The molecule has 0 amide bonds. The maximum atomic E-state index is 11.3. The normalized spacial score (nSPS) is 9.87. The molecule has 0 aliphatic heterocycles. The Kier molecular flexibility index (Phi) is 2.10. The minimum Gasteiger partial charge on any atom is -0.360 e. The van der Waals surface area contributed by atoms with Crippen molar-refractivity contribution in [2.45, 2.75) is 0 Å². The number of rotatable bonds is 1. The molecule has 0 aliphatic carbocycles. The average molecular weight is 200 g/mol. The highest BCUT2D eigenvalue weighted by Crippen LogP contribution is 2.16. The van der Waals surface area contributed by atoms with Crippen LogP contribution in [0.15, 0.2) is 29.3 Å². The first-order valence-electron chi connectivity index (χ1n) is 4.34. The van der Waals surface area contributed by atoms with Crippen LogP contribution in [0.25, 0.3) is 11.4 Å². The van der Waals surface area contributed by atoms with Gasteiger partial charge in [0.25, 0.3) is 0 Å². The fourth-order valence-corrected chi connectivity index (χ4v) is 1.31. The van der Waals surface area contributed by atoms with Crippen molar-refractivity contribution in [3.63, 3.8) is 0 Å². The van der Waals surface area contributed by atoms with Gasteiger partial charge in [-0.1, -0.05) is 0 Å². The summed E-state index contributed by atoms with van der Waals surface area (Å²) in [5.74, 6) is 0. The highest BCUT2D eigenvalue weighted by molar-refractivity contribution is 5.61. The van der Waals surface area contributed by atoms with Crippen molar-refractivity contribution in [1.82, 2.24) is 14.5 Å². The molecule has 2 rings (SSSR count). The summed E-state index contributed by atoms with van der Waals surface area (Å²) in [6, 6.07) is 5.56. The van der Waals surface area contributed by atoms with Gasteiger partial charge in [-0.05, 0) is 12.1 Å². The lowest BCUT2D eigenvalue weighted by molar-refractivity contribution is 0.808. The number of H-pyrrole nitrogens is 1. The van der Waals surface area contributed by atoms with Crippen LogP contribution in [0.1, 0.15) is 5.56 Å². The van der Waals surface area contributed by atoms with Gasteiger partial charge in [0.2, 0.25) is 0 Å². The average Bonchev–Trinajstić information content (AvgIpc) is 2.74. The fraction of sp³-hybridized carbons (Fsp3) is 0.100. The molecule has 2 aromatic rings. The third-order valence-electron chi connectivity index (χ3n) is 2.06. The number of nitrogens with zero attached hydrogens (tertiary/aromatic N) is 3. The Hall–Kier alpha value is -2.35. The molecule has 2 heterocycles. The van der Waals surface area contributed by atoms with Gasteiger partial charge < -0.3 is 9.55 Å². The maximum Gasteiger partial charge on any atom is 0.347 e. The van der Waals surface area contributed by atoms with E-state index in [-0.39, 0.29) is 5.69 Å². The lowest BCUT2D eigenvalue weighted by atomic mass is 10.2. The Morgan fingerprint density at radius 3 is 3.00 bits per heavy atom. The number of aromatic amines is 1. The Balaban J connectivity index is 2.72. The molecule has 0 unspecified atom stereocenters. The summed E-state index contributed by atoms with van der Waals surface area (Å²) in [7, 11) is 1.56. The molecule has 0 aliphatic rings. The number of nitriles is 1. The van der Waals surface area contributed by atoms with Crippen molar-refractivity contribution >= 4 is 0 Å². The summed E-state index contributed by atoms with van der Waals surface area (Å²) in [6.45, 7) is 0. The van der Waals surface area contributed by atoms with Gasteiger partial charge in [0, 0.05) is 19.4 Å². The molecule has 15 heavy (non-hydrogen) atoms. The quantitative estimate of drug-likeness (QED) is 0.734. The van der Waals surface area contributed by atoms with Crippen LogP contribution in [0.3, 0.4) is 0 Å². The smallest absolute Gasteiger partial charge is 0.347 e. The lowest BCUT2D eigenvalue weighted by Gasteiger charge is -2.01. The van der Waals surface area contributed by atoms with E-state index in [0.717, 1.165) is 0 Å². The number of hydrogen-bond donors (Lipinski definition) is 1. The molecule has 2 aromatic heterocycles. The second-order valence-electron chi connectivity index (χ2n) is 3.09. The summed E-state index contributed by atoms with van der Waals surface area (Å²) in [6.07, 6.45) is 3.20. The monoisotopic (exact) mass is 200 g/mol. The number of nitrogens with one attached hydrogen (secondary N) is 1. The van der Waals surface area contributed by atoms with Gasteiger partial charge in [-0.15, -0.1) is 0 Å². The zero-order chi connectivity index (χ0) is 10.8. The molecule has 5 nitrogen and oxygen atoms in total. The Morgan fingerprint density at radius 2 is 2.40 bits per heavy atom. The molecule has 0 aromatic carbocycles. The third-order valence-corrected chi connectivity index (χ3v) is 2.06. The molecule has 0 saturated heterocycles. The molecule has 0 radical (unpaired) electrons. The third kappa shape index (κ3) is 1.53. The Morgan fingerprint density at radius 1 is 1.60 bits per heavy atom. The van der Waals surface area contributed by atoms with Crippen LogP contribution < -0.4 is 5.69 Å². The minimum atomic E-state index is -0.376. The van der Waals surface area contributed by atoms with E-state index >= 15 is 0 Å². The topological polar surface area (TPSA) is 74.5 Å². The van der Waals surface area contributed by atoms with Gasteiger partial charge in [-0.2, -0.15) is 10.2 Å². The zero-order valence-electron chi connectivity index (χ0n) is 8.06. The van der Waals surface area contributed by atoms with E-state index in [0.29, 0.717) is 17.0 Å². The van der Waals surface area contributed by atoms with Gasteiger partial charge in [-0.25, -0.2) is 4.79 Å². The van der Waals surface area contributed by atoms with Crippen LogP contribution >= 0.6 is 0 Å². The molecule has 5 heteroatoms. The zero-order valence-corrected chi connectivity index (χ0v) is 8.06. The van der Waals surface area contributed by atoms with Crippen molar-refractivity contribution < 1.29 is 0 Å². The highest BCUT2D eigenvalue weighted by atomic mass is 16.1. The number of aromatic nitrogens is 3. The SMILES string of the molecule is Cn1cc(C#N)c(-c2ccc[nH]2)nc1=O. The van der Waals surface area contributed by atoms with Crippen LogP contribution in [0.2, 0.25) is 0 Å².